The van der Waals surface area contributed by atoms with Crippen LogP contribution in [0.2, 0.25) is 0 Å². The van der Waals surface area contributed by atoms with Gasteiger partial charge in [-0.25, -0.2) is 4.79 Å². The van der Waals surface area contributed by atoms with Gasteiger partial charge in [0, 0.05) is 5.56 Å². The average molecular weight is 241 g/mol. The van der Waals surface area contributed by atoms with E-state index in [0.29, 0.717) is 5.56 Å². The average Bonchev–Trinajstić information content (AvgIpc) is 2.76. The molecule has 0 bridgehead atoms. The van der Waals surface area contributed by atoms with E-state index in [4.69, 9.17) is 19.4 Å². The largest absolute Gasteiger partial charge is 0.503 e. The van der Waals surface area contributed by atoms with Crippen LogP contribution in [0.5, 0.6) is 0 Å². The summed E-state index contributed by atoms with van der Waals surface area (Å²) < 4.78 is 4.72. The Bertz CT molecular complexity index is 458. The molecule has 1 atom stereocenters. The van der Waals surface area contributed by atoms with Gasteiger partial charge in [-0.1, -0.05) is 0 Å². The highest BCUT2D eigenvalue weighted by Crippen LogP contribution is 2.21. The van der Waals surface area contributed by atoms with Crippen molar-refractivity contribution in [3.05, 3.63) is 24.2 Å². The lowest BCUT2D eigenvalue weighted by Crippen LogP contribution is -2.22. The first-order valence-electron chi connectivity index (χ1n) is 4.26. The molecule has 0 radical (unpaired) electrons. The van der Waals surface area contributed by atoms with Crippen LogP contribution in [-0.4, -0.2) is 34.0 Å². The van der Waals surface area contributed by atoms with Crippen molar-refractivity contribution >= 4 is 23.8 Å². The molecule has 8 nitrogen and oxygen atoms in total. The van der Waals surface area contributed by atoms with Crippen molar-refractivity contribution in [2.24, 2.45) is 0 Å². The van der Waals surface area contributed by atoms with Crippen LogP contribution in [-0.2, 0) is 14.4 Å². The van der Waals surface area contributed by atoms with Crippen molar-refractivity contribution in [2.45, 2.75) is 5.92 Å². The quantitative estimate of drug-likeness (QED) is 0.352. The zero-order valence-corrected chi connectivity index (χ0v) is 8.25. The fourth-order valence-electron chi connectivity index (χ4n) is 1.24. The number of carbonyl (C=O) groups excluding carboxylic acids is 3. The third-order valence-electron chi connectivity index (χ3n) is 1.86. The fourth-order valence-corrected chi connectivity index (χ4v) is 1.24. The summed E-state index contributed by atoms with van der Waals surface area (Å²) in [5, 5.41) is 15.9. The SMILES string of the molecule is O=C(O)O.O=C1NC(=O)C(c2ccoc2)C1=O. The summed E-state index contributed by atoms with van der Waals surface area (Å²) in [5.41, 5.74) is 0.411. The van der Waals surface area contributed by atoms with Crippen molar-refractivity contribution in [3.63, 3.8) is 0 Å². The number of hydrogen-bond acceptors (Lipinski definition) is 5. The lowest BCUT2D eigenvalue weighted by Gasteiger charge is -1.97. The molecule has 1 saturated heterocycles. The van der Waals surface area contributed by atoms with Gasteiger partial charge in [0.25, 0.3) is 5.91 Å². The molecule has 1 fully saturated rings. The van der Waals surface area contributed by atoms with E-state index in [9.17, 15) is 14.4 Å². The van der Waals surface area contributed by atoms with Crippen LogP contribution in [0, 0.1) is 0 Å². The van der Waals surface area contributed by atoms with E-state index < -0.39 is 29.7 Å². The summed E-state index contributed by atoms with van der Waals surface area (Å²) in [4.78, 5) is 41.6. The highest BCUT2D eigenvalue weighted by Gasteiger charge is 2.41. The van der Waals surface area contributed by atoms with Gasteiger partial charge in [0.15, 0.2) is 0 Å². The molecule has 1 aliphatic heterocycles. The van der Waals surface area contributed by atoms with E-state index in [1.807, 2.05) is 5.32 Å². The zero-order chi connectivity index (χ0) is 13.0. The van der Waals surface area contributed by atoms with Crippen LogP contribution in [0.25, 0.3) is 0 Å². The van der Waals surface area contributed by atoms with Gasteiger partial charge in [-0.2, -0.15) is 0 Å². The lowest BCUT2D eigenvalue weighted by molar-refractivity contribution is -0.135. The Labute approximate surface area is 93.8 Å². The molecule has 2 rings (SSSR count). The number of carboxylic acid groups (broad SMARTS) is 2. The van der Waals surface area contributed by atoms with Crippen LogP contribution in [0.3, 0.4) is 0 Å². The Morgan fingerprint density at radius 1 is 1.29 bits per heavy atom. The Morgan fingerprint density at radius 2 is 1.88 bits per heavy atom. The lowest BCUT2D eigenvalue weighted by atomic mass is 10.00. The van der Waals surface area contributed by atoms with E-state index in [1.165, 1.54) is 18.6 Å². The van der Waals surface area contributed by atoms with E-state index in [2.05, 4.69) is 0 Å². The van der Waals surface area contributed by atoms with Crippen LogP contribution in [0.15, 0.2) is 23.0 Å². The molecule has 2 heterocycles. The van der Waals surface area contributed by atoms with Crippen molar-refractivity contribution in [2.75, 3.05) is 0 Å². The number of hydrogen-bond donors (Lipinski definition) is 3. The van der Waals surface area contributed by atoms with Gasteiger partial charge < -0.3 is 14.6 Å². The van der Waals surface area contributed by atoms with Crippen molar-refractivity contribution < 1.29 is 33.8 Å². The molecule has 1 unspecified atom stereocenters. The van der Waals surface area contributed by atoms with Crippen molar-refractivity contribution in [1.29, 1.82) is 0 Å². The summed E-state index contributed by atoms with van der Waals surface area (Å²) in [5.74, 6) is -3.19. The minimum Gasteiger partial charge on any atom is -0.472 e. The molecule has 0 saturated carbocycles. The second kappa shape index (κ2) is 4.92. The van der Waals surface area contributed by atoms with Crippen LogP contribution >= 0.6 is 0 Å². The summed E-state index contributed by atoms with van der Waals surface area (Å²) in [7, 11) is 0. The van der Waals surface area contributed by atoms with E-state index in [-0.39, 0.29) is 0 Å². The molecule has 90 valence electrons. The molecular formula is C9H7NO7. The van der Waals surface area contributed by atoms with Crippen LogP contribution in [0.1, 0.15) is 11.5 Å². The highest BCUT2D eigenvalue weighted by atomic mass is 16.6. The fraction of sp³-hybridized carbons (Fsp3) is 0.111. The molecular weight excluding hydrogens is 234 g/mol. The molecule has 1 aromatic heterocycles. The predicted molar refractivity (Wildman–Crippen MR) is 50.3 cm³/mol. The number of ketones is 1. The Balaban J connectivity index is 0.000000317. The molecule has 2 amide bonds. The summed E-state index contributed by atoms with van der Waals surface area (Å²) in [6.45, 7) is 0. The predicted octanol–water partition coefficient (Wildman–Crippen LogP) is -0.189. The minimum absolute atomic E-state index is 0.411. The molecule has 0 spiro atoms. The molecule has 0 aromatic carbocycles. The van der Waals surface area contributed by atoms with E-state index >= 15 is 0 Å². The number of amides is 2. The van der Waals surface area contributed by atoms with Crippen molar-refractivity contribution in [3.8, 4) is 0 Å². The molecule has 8 heteroatoms. The Hall–Kier alpha value is -2.64. The van der Waals surface area contributed by atoms with Crippen molar-refractivity contribution in [1.82, 2.24) is 5.32 Å². The monoisotopic (exact) mass is 241 g/mol. The summed E-state index contributed by atoms with van der Waals surface area (Å²) in [6, 6.07) is 1.49. The third-order valence-corrected chi connectivity index (χ3v) is 1.86. The van der Waals surface area contributed by atoms with Gasteiger partial charge >= 0.3 is 6.16 Å². The molecule has 1 aliphatic rings. The second-order valence-corrected chi connectivity index (χ2v) is 2.95. The Morgan fingerprint density at radius 3 is 2.24 bits per heavy atom. The van der Waals surface area contributed by atoms with Gasteiger partial charge in [0.05, 0.1) is 12.5 Å². The maximum absolute atomic E-state index is 11.1. The number of imide groups is 1. The number of nitrogens with one attached hydrogen (secondary N) is 1. The first-order chi connectivity index (χ1) is 7.93. The number of furan rings is 1. The minimum atomic E-state index is -1.83. The van der Waals surface area contributed by atoms with E-state index in [0.717, 1.165) is 0 Å². The normalized spacial score (nSPS) is 18.4. The number of carbonyl (C=O) groups is 4. The summed E-state index contributed by atoms with van der Waals surface area (Å²) in [6.07, 6.45) is 0.791. The zero-order valence-electron chi connectivity index (χ0n) is 8.25. The van der Waals surface area contributed by atoms with Crippen LogP contribution < -0.4 is 5.32 Å². The van der Waals surface area contributed by atoms with Gasteiger partial charge in [0.2, 0.25) is 11.7 Å². The molecule has 17 heavy (non-hydrogen) atoms. The topological polar surface area (TPSA) is 134 Å². The second-order valence-electron chi connectivity index (χ2n) is 2.95. The van der Waals surface area contributed by atoms with Gasteiger partial charge in [0.1, 0.15) is 5.92 Å². The van der Waals surface area contributed by atoms with E-state index in [1.54, 1.807) is 0 Å². The standard InChI is InChI=1S/C8H5NO4.CH2O3/c10-6-5(4-1-2-13-3-4)7(11)9-8(6)12;2-1(3)4/h1-3,5H,(H,9,11,12);(H2,2,3,4). The van der Waals surface area contributed by atoms with Crippen LogP contribution in [0.4, 0.5) is 4.79 Å². The number of rotatable bonds is 1. The maximum Gasteiger partial charge on any atom is 0.503 e. The first-order valence-corrected chi connectivity index (χ1v) is 4.26. The number of Topliss-reactive ketones (excluding diaryl/α,β-unsaturated/α-hetero) is 1. The maximum atomic E-state index is 11.1. The highest BCUT2D eigenvalue weighted by molar-refractivity contribution is 6.50. The molecule has 0 aliphatic carbocycles. The third kappa shape index (κ3) is 2.91. The molecule has 3 N–H and O–H groups in total. The smallest absolute Gasteiger partial charge is 0.472 e. The molecule has 1 aromatic rings. The first kappa shape index (κ1) is 12.4. The Kier molecular flexibility index (Phi) is 3.60. The van der Waals surface area contributed by atoms with Gasteiger partial charge in [-0.15, -0.1) is 0 Å². The van der Waals surface area contributed by atoms with Gasteiger partial charge in [-0.3, -0.25) is 19.7 Å². The summed E-state index contributed by atoms with van der Waals surface area (Å²) >= 11 is 0. The van der Waals surface area contributed by atoms with Gasteiger partial charge in [-0.05, 0) is 6.07 Å².